The maximum atomic E-state index is 5.78. The summed E-state index contributed by atoms with van der Waals surface area (Å²) in [5.41, 5.74) is 1.40. The van der Waals surface area contributed by atoms with Crippen LogP contribution in [0, 0.1) is 0 Å². The fourth-order valence-electron chi connectivity index (χ4n) is 1.56. The molecule has 0 atom stereocenters. The zero-order chi connectivity index (χ0) is 13.2. The van der Waals surface area contributed by atoms with Crippen molar-refractivity contribution in [2.24, 2.45) is 0 Å². The molecule has 0 fully saturated rings. The molecule has 0 radical (unpaired) electrons. The van der Waals surface area contributed by atoms with Crippen LogP contribution in [0.4, 0.5) is 0 Å². The summed E-state index contributed by atoms with van der Waals surface area (Å²) in [6, 6.07) is 8.20. The van der Waals surface area contributed by atoms with Crippen LogP contribution in [0.2, 0.25) is 4.47 Å². The molecular formula is C14H16ClNOS. The van der Waals surface area contributed by atoms with Crippen molar-refractivity contribution in [3.8, 4) is 5.75 Å². The third-order valence-electron chi connectivity index (χ3n) is 2.61. The molecule has 2 nitrogen and oxygen atoms in total. The Morgan fingerprint density at radius 3 is 2.72 bits per heavy atom. The van der Waals surface area contributed by atoms with Gasteiger partial charge in [-0.05, 0) is 23.1 Å². The van der Waals surface area contributed by atoms with Crippen LogP contribution in [0.5, 0.6) is 5.75 Å². The number of hydrogen-bond acceptors (Lipinski definition) is 3. The summed E-state index contributed by atoms with van der Waals surface area (Å²) >= 11 is 7.23. The van der Waals surface area contributed by atoms with Gasteiger partial charge in [0.1, 0.15) is 12.4 Å². The van der Waals surface area contributed by atoms with E-state index in [1.165, 1.54) is 16.9 Å². The quantitative estimate of drug-likeness (QED) is 0.815. The number of rotatable bonds is 3. The smallest absolute Gasteiger partial charge is 0.183 e. The fourth-order valence-corrected chi connectivity index (χ4v) is 2.45. The summed E-state index contributed by atoms with van der Waals surface area (Å²) in [5, 5.41) is 0. The summed E-state index contributed by atoms with van der Waals surface area (Å²) in [7, 11) is 0. The monoisotopic (exact) mass is 281 g/mol. The van der Waals surface area contributed by atoms with Crippen LogP contribution >= 0.6 is 22.9 Å². The molecule has 0 N–H and O–H groups in total. The Bertz CT molecular complexity index is 531. The van der Waals surface area contributed by atoms with Crippen LogP contribution in [0.25, 0.3) is 0 Å². The van der Waals surface area contributed by atoms with Crippen molar-refractivity contribution < 1.29 is 4.74 Å². The van der Waals surface area contributed by atoms with Gasteiger partial charge in [-0.15, -0.1) is 11.3 Å². The predicted octanol–water partition coefficient (Wildman–Crippen LogP) is 4.67. The molecular weight excluding hydrogens is 266 g/mol. The molecule has 0 saturated carbocycles. The van der Waals surface area contributed by atoms with Crippen molar-refractivity contribution in [3.63, 3.8) is 0 Å². The molecule has 18 heavy (non-hydrogen) atoms. The number of hydrogen-bond donors (Lipinski definition) is 0. The van der Waals surface area contributed by atoms with Crippen molar-refractivity contribution in [2.75, 3.05) is 0 Å². The first-order valence-corrected chi connectivity index (χ1v) is 6.98. The Hall–Kier alpha value is -1.06. The van der Waals surface area contributed by atoms with Crippen molar-refractivity contribution in [1.82, 2.24) is 4.98 Å². The van der Waals surface area contributed by atoms with Crippen molar-refractivity contribution in [3.05, 3.63) is 45.4 Å². The van der Waals surface area contributed by atoms with Crippen molar-refractivity contribution in [1.29, 1.82) is 0 Å². The second kappa shape index (κ2) is 5.29. The van der Waals surface area contributed by atoms with E-state index in [4.69, 9.17) is 16.3 Å². The van der Waals surface area contributed by atoms with Gasteiger partial charge < -0.3 is 4.74 Å². The van der Waals surface area contributed by atoms with E-state index in [-0.39, 0.29) is 5.41 Å². The maximum absolute atomic E-state index is 5.78. The average Bonchev–Trinajstić information content (AvgIpc) is 2.72. The minimum atomic E-state index is 0.132. The molecule has 0 bridgehead atoms. The number of halogens is 1. The molecule has 0 unspecified atom stereocenters. The van der Waals surface area contributed by atoms with Gasteiger partial charge in [-0.3, -0.25) is 0 Å². The first-order valence-electron chi connectivity index (χ1n) is 5.79. The van der Waals surface area contributed by atoms with E-state index in [9.17, 15) is 0 Å². The lowest BCUT2D eigenvalue weighted by atomic mass is 9.87. The van der Waals surface area contributed by atoms with Crippen LogP contribution in [0.3, 0.4) is 0 Å². The van der Waals surface area contributed by atoms with Gasteiger partial charge in [0.05, 0.1) is 4.88 Å². The van der Waals surface area contributed by atoms with Gasteiger partial charge >= 0.3 is 0 Å². The maximum Gasteiger partial charge on any atom is 0.183 e. The highest BCUT2D eigenvalue weighted by Crippen LogP contribution is 2.26. The summed E-state index contributed by atoms with van der Waals surface area (Å²) in [4.78, 5) is 5.02. The molecule has 0 amide bonds. The summed E-state index contributed by atoms with van der Waals surface area (Å²) in [6.07, 6.45) is 1.75. The van der Waals surface area contributed by atoms with Gasteiger partial charge in [-0.1, -0.05) is 44.5 Å². The summed E-state index contributed by atoms with van der Waals surface area (Å²) in [6.45, 7) is 7.08. The lowest BCUT2D eigenvalue weighted by molar-refractivity contribution is 0.308. The molecule has 0 aliphatic carbocycles. The Morgan fingerprint density at radius 1 is 1.33 bits per heavy atom. The van der Waals surface area contributed by atoms with Gasteiger partial charge in [0, 0.05) is 6.20 Å². The van der Waals surface area contributed by atoms with Crippen LogP contribution in [-0.2, 0) is 12.0 Å². The Labute approximate surface area is 117 Å². The number of aromatic nitrogens is 1. The largest absolute Gasteiger partial charge is 0.488 e. The van der Waals surface area contributed by atoms with Crippen LogP contribution in [-0.4, -0.2) is 4.98 Å². The highest BCUT2D eigenvalue weighted by molar-refractivity contribution is 7.15. The summed E-state index contributed by atoms with van der Waals surface area (Å²) < 4.78 is 6.31. The molecule has 1 heterocycles. The number of benzene rings is 1. The molecule has 0 aliphatic rings. The molecule has 1 aromatic carbocycles. The first kappa shape index (κ1) is 13.4. The van der Waals surface area contributed by atoms with Crippen LogP contribution in [0.15, 0.2) is 30.5 Å². The minimum Gasteiger partial charge on any atom is -0.488 e. The summed E-state index contributed by atoms with van der Waals surface area (Å²) in [5.74, 6) is 0.881. The van der Waals surface area contributed by atoms with E-state index in [1.807, 2.05) is 12.1 Å². The average molecular weight is 282 g/mol. The van der Waals surface area contributed by atoms with Gasteiger partial charge in [0.15, 0.2) is 4.47 Å². The second-order valence-electron chi connectivity index (χ2n) is 5.15. The number of ether oxygens (including phenoxy) is 1. The van der Waals surface area contributed by atoms with Crippen LogP contribution in [0.1, 0.15) is 31.2 Å². The van der Waals surface area contributed by atoms with E-state index in [0.717, 1.165) is 10.6 Å². The lowest BCUT2D eigenvalue weighted by Crippen LogP contribution is -2.10. The third kappa shape index (κ3) is 3.47. The number of thiazole rings is 1. The lowest BCUT2D eigenvalue weighted by Gasteiger charge is -2.19. The standard InChI is InChI=1S/C14H16ClNOS/c1-14(2,3)10-5-4-6-11(7-10)17-9-12-8-16-13(15)18-12/h4-8H,9H2,1-3H3. The van der Waals surface area contributed by atoms with Crippen LogP contribution < -0.4 is 4.74 Å². The molecule has 2 rings (SSSR count). The second-order valence-corrected chi connectivity index (χ2v) is 6.84. The molecule has 1 aromatic heterocycles. The zero-order valence-electron chi connectivity index (χ0n) is 10.7. The predicted molar refractivity (Wildman–Crippen MR) is 76.6 cm³/mol. The topological polar surface area (TPSA) is 22.1 Å². The molecule has 96 valence electrons. The Morgan fingerprint density at radius 2 is 2.11 bits per heavy atom. The SMILES string of the molecule is CC(C)(C)c1cccc(OCc2cnc(Cl)s2)c1. The van der Waals surface area contributed by atoms with Crippen molar-refractivity contribution in [2.45, 2.75) is 32.8 Å². The van der Waals surface area contributed by atoms with E-state index < -0.39 is 0 Å². The van der Waals surface area contributed by atoms with Gasteiger partial charge in [-0.25, -0.2) is 4.98 Å². The zero-order valence-corrected chi connectivity index (χ0v) is 12.3. The highest BCUT2D eigenvalue weighted by Gasteiger charge is 2.13. The first-order chi connectivity index (χ1) is 8.45. The van der Waals surface area contributed by atoms with Gasteiger partial charge in [0.2, 0.25) is 0 Å². The van der Waals surface area contributed by atoms with Crippen molar-refractivity contribution >= 4 is 22.9 Å². The van der Waals surface area contributed by atoms with Gasteiger partial charge in [0.25, 0.3) is 0 Å². The highest BCUT2D eigenvalue weighted by atomic mass is 35.5. The fraction of sp³-hybridized carbons (Fsp3) is 0.357. The minimum absolute atomic E-state index is 0.132. The molecule has 2 aromatic rings. The Kier molecular flexibility index (Phi) is 3.93. The van der Waals surface area contributed by atoms with Gasteiger partial charge in [-0.2, -0.15) is 0 Å². The third-order valence-corrected chi connectivity index (χ3v) is 3.69. The molecule has 0 spiro atoms. The normalized spacial score (nSPS) is 11.6. The van der Waals surface area contributed by atoms with E-state index in [0.29, 0.717) is 11.1 Å². The molecule has 0 aliphatic heterocycles. The van der Waals surface area contributed by atoms with E-state index in [2.05, 4.69) is 37.9 Å². The number of nitrogens with zero attached hydrogens (tertiary/aromatic N) is 1. The Balaban J connectivity index is 2.06. The van der Waals surface area contributed by atoms with E-state index >= 15 is 0 Å². The molecule has 0 saturated heterocycles. The van der Waals surface area contributed by atoms with E-state index in [1.54, 1.807) is 6.20 Å². The molecule has 4 heteroatoms.